The molecule has 2 aromatic rings. The molecule has 1 atom stereocenters. The third-order valence-corrected chi connectivity index (χ3v) is 7.29. The van der Waals surface area contributed by atoms with E-state index in [1.165, 1.54) is 20.3 Å². The highest BCUT2D eigenvalue weighted by Gasteiger charge is 2.39. The Labute approximate surface area is 195 Å². The lowest BCUT2D eigenvalue weighted by molar-refractivity contribution is -0.121. The average molecular weight is 477 g/mol. The Hall–Kier alpha value is -2.94. The molecule has 1 heterocycles. The first-order valence-corrected chi connectivity index (χ1v) is 12.8. The second kappa shape index (κ2) is 9.91. The van der Waals surface area contributed by atoms with Gasteiger partial charge in [0, 0.05) is 18.1 Å². The average Bonchev–Trinajstić information content (AvgIpc) is 2.81. The fraction of sp³-hybridized carbons (Fsp3) is 0.458. The van der Waals surface area contributed by atoms with Gasteiger partial charge in [-0.3, -0.25) is 9.10 Å². The van der Waals surface area contributed by atoms with Gasteiger partial charge >= 0.3 is 0 Å². The lowest BCUT2D eigenvalue weighted by Crippen LogP contribution is -2.47. The monoisotopic (exact) mass is 476 g/mol. The lowest BCUT2D eigenvalue weighted by atomic mass is 9.83. The third kappa shape index (κ3) is 5.35. The molecule has 3 rings (SSSR count). The maximum absolute atomic E-state index is 13.2. The lowest BCUT2D eigenvalue weighted by Gasteiger charge is -2.41. The Morgan fingerprint density at radius 1 is 1.15 bits per heavy atom. The van der Waals surface area contributed by atoms with Crippen LogP contribution in [0.2, 0.25) is 0 Å². The Morgan fingerprint density at radius 3 is 2.45 bits per heavy atom. The summed E-state index contributed by atoms with van der Waals surface area (Å²) >= 11 is 0. The number of methoxy groups -OCH3 is 2. The highest BCUT2D eigenvalue weighted by Crippen LogP contribution is 2.42. The van der Waals surface area contributed by atoms with Gasteiger partial charge in [0.15, 0.2) is 0 Å². The summed E-state index contributed by atoms with van der Waals surface area (Å²) in [6.07, 6.45) is 3.24. The second-order valence-electron chi connectivity index (χ2n) is 8.16. The summed E-state index contributed by atoms with van der Waals surface area (Å²) in [5.74, 6) is 1.09. The molecule has 33 heavy (non-hydrogen) atoms. The Bertz CT molecular complexity index is 1100. The van der Waals surface area contributed by atoms with Crippen LogP contribution in [0.1, 0.15) is 44.7 Å². The third-order valence-electron chi connectivity index (χ3n) is 6.16. The van der Waals surface area contributed by atoms with E-state index in [4.69, 9.17) is 14.2 Å². The van der Waals surface area contributed by atoms with Gasteiger partial charge in [0.05, 0.1) is 32.2 Å². The van der Waals surface area contributed by atoms with Crippen LogP contribution in [0.3, 0.4) is 0 Å². The number of fused-ring (bicyclic) bond motifs is 1. The smallest absolute Gasteiger partial charge is 0.241 e. The molecule has 8 nitrogen and oxygen atoms in total. The number of ether oxygens (including phenoxy) is 3. The fourth-order valence-electron chi connectivity index (χ4n) is 4.17. The van der Waals surface area contributed by atoms with Crippen molar-refractivity contribution >= 4 is 21.6 Å². The summed E-state index contributed by atoms with van der Waals surface area (Å²) in [5, 5.41) is 3.04. The van der Waals surface area contributed by atoms with Crippen LogP contribution >= 0.6 is 0 Å². The van der Waals surface area contributed by atoms with E-state index in [1.807, 2.05) is 24.3 Å². The van der Waals surface area contributed by atoms with Crippen LogP contribution in [0, 0.1) is 0 Å². The Balaban J connectivity index is 1.90. The van der Waals surface area contributed by atoms with Crippen molar-refractivity contribution in [3.63, 3.8) is 0 Å². The zero-order valence-electron chi connectivity index (χ0n) is 19.8. The molecule has 1 N–H and O–H groups in total. The fourth-order valence-corrected chi connectivity index (χ4v) is 5.02. The molecule has 1 aliphatic heterocycles. The quantitative estimate of drug-likeness (QED) is 0.594. The first-order valence-electron chi connectivity index (χ1n) is 10.9. The van der Waals surface area contributed by atoms with Crippen molar-refractivity contribution in [2.45, 2.75) is 44.8 Å². The number of carbonyl (C=O) groups is 1. The normalized spacial score (nSPS) is 16.8. The van der Waals surface area contributed by atoms with Crippen molar-refractivity contribution < 1.29 is 27.4 Å². The zero-order valence-corrected chi connectivity index (χ0v) is 20.6. The van der Waals surface area contributed by atoms with Gasteiger partial charge in [-0.15, -0.1) is 0 Å². The molecule has 0 aromatic heterocycles. The minimum absolute atomic E-state index is 0.235. The molecular weight excluding hydrogens is 444 g/mol. The molecule has 2 aromatic carbocycles. The molecule has 1 unspecified atom stereocenters. The van der Waals surface area contributed by atoms with Gasteiger partial charge in [-0.1, -0.05) is 32.0 Å². The van der Waals surface area contributed by atoms with Crippen LogP contribution < -0.4 is 23.8 Å². The molecule has 0 radical (unpaired) electrons. The molecular formula is C24H32N2O6S. The van der Waals surface area contributed by atoms with Crippen LogP contribution in [-0.4, -0.2) is 46.9 Å². The SMILES string of the molecule is CCC1(CC)CC(NC(=O)CN(c2cc(OC)ccc2OC)S(C)(=O)=O)c2ccccc2O1. The molecule has 1 aliphatic rings. The van der Waals surface area contributed by atoms with Crippen molar-refractivity contribution in [3.8, 4) is 17.2 Å². The summed E-state index contributed by atoms with van der Waals surface area (Å²) < 4.78 is 43.2. The molecule has 1 amide bonds. The Morgan fingerprint density at radius 2 is 1.85 bits per heavy atom. The number of nitrogens with one attached hydrogen (secondary N) is 1. The second-order valence-corrected chi connectivity index (χ2v) is 10.1. The van der Waals surface area contributed by atoms with E-state index in [0.717, 1.165) is 34.7 Å². The minimum Gasteiger partial charge on any atom is -0.497 e. The highest BCUT2D eigenvalue weighted by atomic mass is 32.2. The van der Waals surface area contributed by atoms with Crippen LogP contribution in [-0.2, 0) is 14.8 Å². The molecule has 0 saturated heterocycles. The topological polar surface area (TPSA) is 94.2 Å². The summed E-state index contributed by atoms with van der Waals surface area (Å²) in [5.41, 5.74) is 0.727. The van der Waals surface area contributed by atoms with Crippen LogP contribution in [0.15, 0.2) is 42.5 Å². The number of nitrogens with zero attached hydrogens (tertiary/aromatic N) is 1. The van der Waals surface area contributed by atoms with Gasteiger partial charge in [0.2, 0.25) is 15.9 Å². The number of sulfonamides is 1. The van der Waals surface area contributed by atoms with Crippen molar-refractivity contribution in [3.05, 3.63) is 48.0 Å². The highest BCUT2D eigenvalue weighted by molar-refractivity contribution is 7.92. The predicted molar refractivity (Wildman–Crippen MR) is 128 cm³/mol. The predicted octanol–water partition coefficient (Wildman–Crippen LogP) is 3.67. The first-order chi connectivity index (χ1) is 15.7. The number of para-hydroxylation sites is 1. The summed E-state index contributed by atoms with van der Waals surface area (Å²) in [7, 11) is -0.862. The molecule has 0 bridgehead atoms. The van der Waals surface area contributed by atoms with Gasteiger partial charge < -0.3 is 19.5 Å². The van der Waals surface area contributed by atoms with Gasteiger partial charge in [-0.2, -0.15) is 0 Å². The maximum Gasteiger partial charge on any atom is 0.241 e. The number of anilines is 1. The molecule has 0 aliphatic carbocycles. The van der Waals surface area contributed by atoms with Crippen molar-refractivity contribution in [2.75, 3.05) is 31.3 Å². The van der Waals surface area contributed by atoms with Gasteiger partial charge in [-0.25, -0.2) is 8.42 Å². The van der Waals surface area contributed by atoms with Gasteiger partial charge in [0.1, 0.15) is 29.4 Å². The van der Waals surface area contributed by atoms with Crippen LogP contribution in [0.5, 0.6) is 17.2 Å². The molecule has 9 heteroatoms. The first kappa shape index (κ1) is 24.7. The van der Waals surface area contributed by atoms with E-state index in [0.29, 0.717) is 17.9 Å². The minimum atomic E-state index is -3.79. The maximum atomic E-state index is 13.2. The number of hydrogen-bond acceptors (Lipinski definition) is 6. The van der Waals surface area contributed by atoms with E-state index in [9.17, 15) is 13.2 Å². The summed E-state index contributed by atoms with van der Waals surface area (Å²) in [6.45, 7) is 3.74. The van der Waals surface area contributed by atoms with E-state index >= 15 is 0 Å². The van der Waals surface area contributed by atoms with E-state index in [-0.39, 0.29) is 11.7 Å². The van der Waals surface area contributed by atoms with E-state index < -0.39 is 28.1 Å². The number of carbonyl (C=O) groups excluding carboxylic acids is 1. The van der Waals surface area contributed by atoms with Gasteiger partial charge in [-0.05, 0) is 31.0 Å². The van der Waals surface area contributed by atoms with Crippen molar-refractivity contribution in [1.29, 1.82) is 0 Å². The largest absolute Gasteiger partial charge is 0.497 e. The van der Waals surface area contributed by atoms with Crippen molar-refractivity contribution in [1.82, 2.24) is 5.32 Å². The molecule has 0 fully saturated rings. The number of amides is 1. The van der Waals surface area contributed by atoms with Crippen molar-refractivity contribution in [2.24, 2.45) is 0 Å². The molecule has 0 saturated carbocycles. The number of rotatable bonds is 9. The summed E-state index contributed by atoms with van der Waals surface area (Å²) in [4.78, 5) is 13.2. The van der Waals surface area contributed by atoms with Crippen LogP contribution in [0.25, 0.3) is 0 Å². The summed E-state index contributed by atoms with van der Waals surface area (Å²) in [6, 6.07) is 12.1. The van der Waals surface area contributed by atoms with E-state index in [1.54, 1.807) is 12.1 Å². The standard InChI is InChI=1S/C24H32N2O6S/c1-6-24(7-2)15-19(18-10-8-9-11-21(18)32-24)25-23(27)16-26(33(5,28)29)20-14-17(30-3)12-13-22(20)31-4/h8-14,19H,6-7,15-16H2,1-5H3,(H,25,27). The van der Waals surface area contributed by atoms with Gasteiger partial charge in [0.25, 0.3) is 0 Å². The number of hydrogen-bond donors (Lipinski definition) is 1. The number of benzene rings is 2. The molecule has 0 spiro atoms. The Kier molecular flexibility index (Phi) is 7.41. The van der Waals surface area contributed by atoms with E-state index in [2.05, 4.69) is 19.2 Å². The zero-order chi connectivity index (χ0) is 24.2. The molecule has 180 valence electrons. The van der Waals surface area contributed by atoms with Crippen LogP contribution in [0.4, 0.5) is 5.69 Å².